The molecule has 1 saturated carbocycles. The lowest BCUT2D eigenvalue weighted by Gasteiger charge is -2.12. The maximum atomic E-state index is 12.7. The van der Waals surface area contributed by atoms with Gasteiger partial charge in [-0.15, -0.1) is 10.2 Å². The van der Waals surface area contributed by atoms with E-state index in [2.05, 4.69) is 20.8 Å². The number of fused-ring (bicyclic) bond motifs is 1. The van der Waals surface area contributed by atoms with Crippen molar-refractivity contribution in [2.45, 2.75) is 37.3 Å². The Labute approximate surface area is 201 Å². The number of benzene rings is 2. The zero-order valence-corrected chi connectivity index (χ0v) is 19.6. The summed E-state index contributed by atoms with van der Waals surface area (Å²) in [5, 5.41) is 15.1. The molecular weight excluding hydrogens is 454 g/mol. The minimum absolute atomic E-state index is 0.135. The summed E-state index contributed by atoms with van der Waals surface area (Å²) in [7, 11) is 0. The molecule has 2 N–H and O–H groups in total. The fourth-order valence-electron chi connectivity index (χ4n) is 3.72. The van der Waals surface area contributed by atoms with Gasteiger partial charge in [0.25, 0.3) is 0 Å². The van der Waals surface area contributed by atoms with Crippen molar-refractivity contribution < 1.29 is 19.1 Å². The predicted molar refractivity (Wildman–Crippen MR) is 129 cm³/mol. The first-order valence-corrected chi connectivity index (χ1v) is 12.2. The average molecular weight is 480 g/mol. The summed E-state index contributed by atoms with van der Waals surface area (Å²) in [6.07, 6.45) is 2.96. The predicted octanol–water partition coefficient (Wildman–Crippen LogP) is 4.00. The van der Waals surface area contributed by atoms with Crippen LogP contribution in [0.5, 0.6) is 11.5 Å². The highest BCUT2D eigenvalue weighted by Crippen LogP contribution is 2.41. The van der Waals surface area contributed by atoms with E-state index in [1.54, 1.807) is 12.1 Å². The molecular formula is C24H25N5O4S. The summed E-state index contributed by atoms with van der Waals surface area (Å²) in [6.45, 7) is 2.68. The Bertz CT molecular complexity index is 1220. The molecule has 2 aliphatic rings. The number of nitrogens with one attached hydrogen (secondary N) is 2. The number of nitrogens with zero attached hydrogens (tertiary/aromatic N) is 3. The first-order chi connectivity index (χ1) is 16.6. The minimum atomic E-state index is -0.158. The molecule has 0 spiro atoms. The molecule has 1 aliphatic carbocycles. The summed E-state index contributed by atoms with van der Waals surface area (Å²) in [5.74, 6) is 2.44. The molecule has 3 aromatic rings. The Balaban J connectivity index is 1.30. The van der Waals surface area contributed by atoms with Crippen molar-refractivity contribution >= 4 is 35.0 Å². The highest BCUT2D eigenvalue weighted by molar-refractivity contribution is 7.99. The standard InChI is InChI=1S/C24H25N5O4S/c1-15(30)25-17-4-2-5-19(12-17)29-23(16-6-7-16)27-28-24(29)34-14-22(31)26-18-8-9-20-21(13-18)33-11-3-10-32-20/h2,4-5,8-9,12-13,16H,3,6-7,10-11,14H2,1H3,(H,25,30)(H,26,31). The maximum Gasteiger partial charge on any atom is 0.234 e. The lowest BCUT2D eigenvalue weighted by molar-refractivity contribution is -0.114. The second-order valence-electron chi connectivity index (χ2n) is 8.23. The van der Waals surface area contributed by atoms with Crippen molar-refractivity contribution in [2.24, 2.45) is 0 Å². The van der Waals surface area contributed by atoms with Crippen LogP contribution in [0.3, 0.4) is 0 Å². The van der Waals surface area contributed by atoms with E-state index in [0.717, 1.165) is 30.8 Å². The fourth-order valence-corrected chi connectivity index (χ4v) is 4.48. The number of anilines is 2. The highest BCUT2D eigenvalue weighted by atomic mass is 32.2. The van der Waals surface area contributed by atoms with E-state index in [9.17, 15) is 9.59 Å². The van der Waals surface area contributed by atoms with Crippen molar-refractivity contribution in [1.29, 1.82) is 0 Å². The first-order valence-electron chi connectivity index (χ1n) is 11.2. The number of aromatic nitrogens is 3. The van der Waals surface area contributed by atoms with E-state index >= 15 is 0 Å². The van der Waals surface area contributed by atoms with Gasteiger partial charge >= 0.3 is 0 Å². The highest BCUT2D eigenvalue weighted by Gasteiger charge is 2.31. The molecule has 0 radical (unpaired) electrons. The van der Waals surface area contributed by atoms with Gasteiger partial charge in [-0.1, -0.05) is 17.8 Å². The van der Waals surface area contributed by atoms with Crippen LogP contribution < -0.4 is 20.1 Å². The number of rotatable bonds is 7. The average Bonchev–Trinajstić information content (AvgIpc) is 3.61. The Hall–Kier alpha value is -3.53. The normalized spacial score (nSPS) is 14.9. The van der Waals surface area contributed by atoms with Gasteiger partial charge in [0.05, 0.1) is 24.7 Å². The van der Waals surface area contributed by atoms with Gasteiger partial charge in [0.15, 0.2) is 16.7 Å². The van der Waals surface area contributed by atoms with Crippen molar-refractivity contribution in [3.63, 3.8) is 0 Å². The number of hydrogen-bond acceptors (Lipinski definition) is 7. The Morgan fingerprint density at radius 1 is 1.03 bits per heavy atom. The van der Waals surface area contributed by atoms with Gasteiger partial charge in [-0.05, 0) is 43.2 Å². The van der Waals surface area contributed by atoms with Gasteiger partial charge in [-0.2, -0.15) is 0 Å². The van der Waals surface area contributed by atoms with Crippen molar-refractivity contribution in [3.8, 4) is 17.2 Å². The minimum Gasteiger partial charge on any atom is -0.490 e. The number of ether oxygens (including phenoxy) is 2. The molecule has 0 bridgehead atoms. The molecule has 2 amide bonds. The molecule has 2 heterocycles. The van der Waals surface area contributed by atoms with E-state index in [1.165, 1.54) is 18.7 Å². The first kappa shape index (κ1) is 22.3. The van der Waals surface area contributed by atoms with Crippen molar-refractivity contribution in [1.82, 2.24) is 14.8 Å². The molecule has 0 unspecified atom stereocenters. The molecule has 1 aromatic heterocycles. The number of hydrogen-bond donors (Lipinski definition) is 2. The number of thioether (sulfide) groups is 1. The topological polar surface area (TPSA) is 107 Å². The molecule has 0 atom stereocenters. The van der Waals surface area contributed by atoms with E-state index in [0.29, 0.717) is 47.2 Å². The second-order valence-corrected chi connectivity index (χ2v) is 9.17. The molecule has 176 valence electrons. The van der Waals surface area contributed by atoms with E-state index in [-0.39, 0.29) is 17.6 Å². The maximum absolute atomic E-state index is 12.7. The molecule has 0 saturated heterocycles. The van der Waals surface area contributed by atoms with E-state index in [1.807, 2.05) is 34.9 Å². The summed E-state index contributed by atoms with van der Waals surface area (Å²) in [6, 6.07) is 12.9. The summed E-state index contributed by atoms with van der Waals surface area (Å²) >= 11 is 1.32. The van der Waals surface area contributed by atoms with Gasteiger partial charge < -0.3 is 20.1 Å². The molecule has 34 heavy (non-hydrogen) atoms. The summed E-state index contributed by atoms with van der Waals surface area (Å²) in [5.41, 5.74) is 2.20. The zero-order valence-electron chi connectivity index (χ0n) is 18.7. The lowest BCUT2D eigenvalue weighted by atomic mass is 10.2. The van der Waals surface area contributed by atoms with Crippen LogP contribution in [0, 0.1) is 0 Å². The van der Waals surface area contributed by atoms with Crippen LogP contribution >= 0.6 is 11.8 Å². The monoisotopic (exact) mass is 479 g/mol. The number of amides is 2. The van der Waals surface area contributed by atoms with E-state index in [4.69, 9.17) is 9.47 Å². The van der Waals surface area contributed by atoms with Crippen LogP contribution in [0.2, 0.25) is 0 Å². The van der Waals surface area contributed by atoms with Crippen LogP contribution in [0.4, 0.5) is 11.4 Å². The Morgan fingerprint density at radius 3 is 2.62 bits per heavy atom. The molecule has 1 fully saturated rings. The quantitative estimate of drug-likeness (QED) is 0.493. The Morgan fingerprint density at radius 2 is 1.82 bits per heavy atom. The largest absolute Gasteiger partial charge is 0.490 e. The van der Waals surface area contributed by atoms with Gasteiger partial charge in [0.1, 0.15) is 5.82 Å². The second kappa shape index (κ2) is 9.76. The zero-order chi connectivity index (χ0) is 23.5. The molecule has 5 rings (SSSR count). The molecule has 2 aromatic carbocycles. The van der Waals surface area contributed by atoms with Gasteiger partial charge in [-0.25, -0.2) is 0 Å². The number of carbonyl (C=O) groups is 2. The van der Waals surface area contributed by atoms with Gasteiger partial charge in [0, 0.05) is 36.7 Å². The van der Waals surface area contributed by atoms with Crippen LogP contribution in [-0.2, 0) is 9.59 Å². The molecule has 9 nitrogen and oxygen atoms in total. The third-order valence-corrected chi connectivity index (χ3v) is 6.32. The SMILES string of the molecule is CC(=O)Nc1cccc(-n2c(SCC(=O)Nc3ccc4c(c3)OCCCO4)nnc2C2CC2)c1. The third kappa shape index (κ3) is 5.17. The van der Waals surface area contributed by atoms with E-state index < -0.39 is 0 Å². The van der Waals surface area contributed by atoms with Crippen LogP contribution in [0.1, 0.15) is 37.9 Å². The fraction of sp³-hybridized carbons (Fsp3) is 0.333. The van der Waals surface area contributed by atoms with Crippen LogP contribution in [0.15, 0.2) is 47.6 Å². The van der Waals surface area contributed by atoms with Crippen molar-refractivity contribution in [2.75, 3.05) is 29.6 Å². The van der Waals surface area contributed by atoms with Gasteiger partial charge in [0.2, 0.25) is 11.8 Å². The lowest BCUT2D eigenvalue weighted by Crippen LogP contribution is -2.15. The molecule has 10 heteroatoms. The summed E-state index contributed by atoms with van der Waals surface area (Å²) in [4.78, 5) is 24.2. The van der Waals surface area contributed by atoms with Crippen LogP contribution in [-0.4, -0.2) is 45.5 Å². The summed E-state index contributed by atoms with van der Waals surface area (Å²) < 4.78 is 13.3. The molecule has 1 aliphatic heterocycles. The Kier molecular flexibility index (Phi) is 6.39. The van der Waals surface area contributed by atoms with Gasteiger partial charge in [-0.3, -0.25) is 14.2 Å². The number of carbonyl (C=O) groups excluding carboxylic acids is 2. The van der Waals surface area contributed by atoms with Crippen molar-refractivity contribution in [3.05, 3.63) is 48.3 Å². The smallest absolute Gasteiger partial charge is 0.234 e. The third-order valence-electron chi connectivity index (χ3n) is 5.39. The van der Waals surface area contributed by atoms with Crippen LogP contribution in [0.25, 0.3) is 5.69 Å².